The van der Waals surface area contributed by atoms with Crippen molar-refractivity contribution in [2.24, 2.45) is 0 Å². The number of aryl methyl sites for hydroxylation is 1. The minimum absolute atomic E-state index is 0.500. The van der Waals surface area contributed by atoms with E-state index in [1.807, 2.05) is 0 Å². The third kappa shape index (κ3) is 4.05. The van der Waals surface area contributed by atoms with Gasteiger partial charge < -0.3 is 10.2 Å². The van der Waals surface area contributed by atoms with Gasteiger partial charge in [0.1, 0.15) is 5.01 Å². The summed E-state index contributed by atoms with van der Waals surface area (Å²) < 4.78 is 0. The van der Waals surface area contributed by atoms with Crippen LogP contribution in [-0.2, 0) is 13.0 Å². The van der Waals surface area contributed by atoms with Gasteiger partial charge >= 0.3 is 0 Å². The number of nitrogens with one attached hydrogen (secondary N) is 1. The van der Waals surface area contributed by atoms with Crippen molar-refractivity contribution in [3.05, 3.63) is 34.8 Å². The van der Waals surface area contributed by atoms with Crippen LogP contribution in [0.2, 0.25) is 0 Å². The van der Waals surface area contributed by atoms with Gasteiger partial charge in [0.15, 0.2) is 0 Å². The fraction of sp³-hybridized carbons (Fsp3) is 0.471. The molecule has 0 amide bonds. The van der Waals surface area contributed by atoms with E-state index in [1.165, 1.54) is 21.8 Å². The molecule has 0 aliphatic heterocycles. The largest absolute Gasteiger partial charge is 0.378 e. The third-order valence-electron chi connectivity index (χ3n) is 3.41. The molecule has 0 bridgehead atoms. The van der Waals surface area contributed by atoms with E-state index in [2.05, 4.69) is 69.3 Å². The third-order valence-corrected chi connectivity index (χ3v) is 4.56. The highest BCUT2D eigenvalue weighted by Crippen LogP contribution is 2.29. The van der Waals surface area contributed by atoms with Crippen LogP contribution in [0.25, 0.3) is 10.6 Å². The van der Waals surface area contributed by atoms with Crippen molar-refractivity contribution in [2.45, 2.75) is 39.8 Å². The SMILES string of the molecule is CCc1nc(-c2ccc(N(C)C)cc2)sc1CNC(C)C. The number of rotatable bonds is 6. The standard InChI is InChI=1S/C17H25N3S/c1-6-15-16(11-18-12(2)3)21-17(19-15)13-7-9-14(10-8-13)20(4)5/h7-10,12,18H,6,11H2,1-5H3. The van der Waals surface area contributed by atoms with E-state index in [-0.39, 0.29) is 0 Å². The first-order valence-electron chi connectivity index (χ1n) is 7.51. The minimum Gasteiger partial charge on any atom is -0.378 e. The molecule has 0 aliphatic carbocycles. The topological polar surface area (TPSA) is 28.2 Å². The smallest absolute Gasteiger partial charge is 0.123 e. The molecule has 1 aromatic carbocycles. The Kier molecular flexibility index (Phi) is 5.37. The average molecular weight is 303 g/mol. The van der Waals surface area contributed by atoms with E-state index in [4.69, 9.17) is 4.98 Å². The normalized spacial score (nSPS) is 11.1. The van der Waals surface area contributed by atoms with Gasteiger partial charge in [-0.25, -0.2) is 4.98 Å². The summed E-state index contributed by atoms with van der Waals surface area (Å²) in [7, 11) is 4.12. The zero-order valence-electron chi connectivity index (χ0n) is 13.6. The molecule has 2 aromatic rings. The van der Waals surface area contributed by atoms with Crippen LogP contribution < -0.4 is 10.2 Å². The molecule has 0 atom stereocenters. The van der Waals surface area contributed by atoms with E-state index in [9.17, 15) is 0 Å². The molecule has 3 nitrogen and oxygen atoms in total. The fourth-order valence-corrected chi connectivity index (χ4v) is 3.23. The second kappa shape index (κ2) is 7.05. The molecule has 4 heteroatoms. The predicted octanol–water partition coefficient (Wildman–Crippen LogP) is 3.94. The molecule has 21 heavy (non-hydrogen) atoms. The molecule has 2 rings (SSSR count). The monoisotopic (exact) mass is 303 g/mol. The summed E-state index contributed by atoms with van der Waals surface area (Å²) in [6.45, 7) is 7.43. The minimum atomic E-state index is 0.500. The Morgan fingerprint density at radius 1 is 1.19 bits per heavy atom. The van der Waals surface area contributed by atoms with Crippen LogP contribution in [-0.4, -0.2) is 25.1 Å². The summed E-state index contributed by atoms with van der Waals surface area (Å²) in [6, 6.07) is 9.11. The predicted molar refractivity (Wildman–Crippen MR) is 93.2 cm³/mol. The number of benzene rings is 1. The molecule has 1 N–H and O–H groups in total. The van der Waals surface area contributed by atoms with Gasteiger partial charge in [-0.1, -0.05) is 20.8 Å². The first-order chi connectivity index (χ1) is 10.0. The first-order valence-corrected chi connectivity index (χ1v) is 8.32. The Hall–Kier alpha value is -1.39. The number of thiazole rings is 1. The Balaban J connectivity index is 2.23. The van der Waals surface area contributed by atoms with Crippen molar-refractivity contribution in [1.29, 1.82) is 0 Å². The fourth-order valence-electron chi connectivity index (χ4n) is 2.12. The van der Waals surface area contributed by atoms with E-state index >= 15 is 0 Å². The molecule has 0 radical (unpaired) electrons. The van der Waals surface area contributed by atoms with Crippen LogP contribution in [0.5, 0.6) is 0 Å². The maximum Gasteiger partial charge on any atom is 0.123 e. The summed E-state index contributed by atoms with van der Waals surface area (Å²) in [4.78, 5) is 8.29. The van der Waals surface area contributed by atoms with Crippen LogP contribution in [0.15, 0.2) is 24.3 Å². The quantitative estimate of drug-likeness (QED) is 0.876. The lowest BCUT2D eigenvalue weighted by Gasteiger charge is -2.12. The summed E-state index contributed by atoms with van der Waals surface area (Å²) in [5.41, 5.74) is 3.64. The van der Waals surface area contributed by atoms with Crippen molar-refractivity contribution < 1.29 is 0 Å². The Morgan fingerprint density at radius 2 is 1.86 bits per heavy atom. The van der Waals surface area contributed by atoms with Crippen LogP contribution in [0.4, 0.5) is 5.69 Å². The van der Waals surface area contributed by atoms with Gasteiger partial charge in [-0.3, -0.25) is 0 Å². The lowest BCUT2D eigenvalue weighted by molar-refractivity contribution is 0.590. The van der Waals surface area contributed by atoms with Gasteiger partial charge in [0.05, 0.1) is 5.69 Å². The van der Waals surface area contributed by atoms with Crippen molar-refractivity contribution in [3.63, 3.8) is 0 Å². The molecular weight excluding hydrogens is 278 g/mol. The second-order valence-corrected chi connectivity index (χ2v) is 6.80. The zero-order chi connectivity index (χ0) is 15.4. The van der Waals surface area contributed by atoms with Crippen molar-refractivity contribution in [3.8, 4) is 10.6 Å². The number of nitrogens with zero attached hydrogens (tertiary/aromatic N) is 2. The highest BCUT2D eigenvalue weighted by molar-refractivity contribution is 7.15. The number of hydrogen-bond donors (Lipinski definition) is 1. The summed E-state index contributed by atoms with van der Waals surface area (Å²) in [5.74, 6) is 0. The van der Waals surface area contributed by atoms with Crippen LogP contribution in [0.3, 0.4) is 0 Å². The molecule has 0 unspecified atom stereocenters. The van der Waals surface area contributed by atoms with Crippen molar-refractivity contribution in [2.75, 3.05) is 19.0 Å². The van der Waals surface area contributed by atoms with Crippen molar-refractivity contribution >= 4 is 17.0 Å². The lowest BCUT2D eigenvalue weighted by Crippen LogP contribution is -2.21. The molecule has 1 heterocycles. The van der Waals surface area contributed by atoms with Crippen LogP contribution in [0, 0.1) is 0 Å². The maximum absolute atomic E-state index is 4.82. The van der Waals surface area contributed by atoms with Gasteiger partial charge in [0.25, 0.3) is 0 Å². The van der Waals surface area contributed by atoms with Crippen molar-refractivity contribution in [1.82, 2.24) is 10.3 Å². The lowest BCUT2D eigenvalue weighted by atomic mass is 10.2. The highest BCUT2D eigenvalue weighted by atomic mass is 32.1. The zero-order valence-corrected chi connectivity index (χ0v) is 14.4. The second-order valence-electron chi connectivity index (χ2n) is 5.72. The van der Waals surface area contributed by atoms with E-state index in [0.29, 0.717) is 6.04 Å². The van der Waals surface area contributed by atoms with Crippen LogP contribution in [0.1, 0.15) is 31.3 Å². The molecule has 1 aromatic heterocycles. The van der Waals surface area contributed by atoms with E-state index in [1.54, 1.807) is 11.3 Å². The van der Waals surface area contributed by atoms with Gasteiger partial charge in [-0.05, 0) is 30.7 Å². The molecule has 0 fully saturated rings. The number of aromatic nitrogens is 1. The first kappa shape index (κ1) is 16.0. The Labute approximate surface area is 132 Å². The van der Waals surface area contributed by atoms with Gasteiger partial charge in [-0.2, -0.15) is 0 Å². The summed E-state index contributed by atoms with van der Waals surface area (Å²) >= 11 is 1.81. The highest BCUT2D eigenvalue weighted by Gasteiger charge is 2.11. The molecule has 0 saturated carbocycles. The summed E-state index contributed by atoms with van der Waals surface area (Å²) in [5, 5.41) is 4.61. The van der Waals surface area contributed by atoms with E-state index < -0.39 is 0 Å². The number of hydrogen-bond acceptors (Lipinski definition) is 4. The van der Waals surface area contributed by atoms with E-state index in [0.717, 1.165) is 18.0 Å². The number of anilines is 1. The van der Waals surface area contributed by atoms with Gasteiger partial charge in [0, 0.05) is 42.8 Å². The Bertz CT molecular complexity index is 570. The molecule has 0 spiro atoms. The molecule has 0 saturated heterocycles. The molecular formula is C17H25N3S. The van der Waals surface area contributed by atoms with Gasteiger partial charge in [-0.15, -0.1) is 11.3 Å². The maximum atomic E-state index is 4.82. The Morgan fingerprint density at radius 3 is 2.38 bits per heavy atom. The van der Waals surface area contributed by atoms with Crippen LogP contribution >= 0.6 is 11.3 Å². The summed E-state index contributed by atoms with van der Waals surface area (Å²) in [6.07, 6.45) is 0.987. The average Bonchev–Trinajstić information content (AvgIpc) is 2.88. The molecule has 114 valence electrons. The molecule has 0 aliphatic rings. The van der Waals surface area contributed by atoms with Gasteiger partial charge in [0.2, 0.25) is 0 Å².